The van der Waals surface area contributed by atoms with Crippen LogP contribution in [0.3, 0.4) is 0 Å². The molecule has 0 aromatic rings. The quantitative estimate of drug-likeness (QED) is 0.0519. The molecule has 43 heavy (non-hydrogen) atoms. The minimum atomic E-state index is -0.837. The van der Waals surface area contributed by atoms with Gasteiger partial charge < -0.3 is 23.7 Å². The zero-order chi connectivity index (χ0) is 31.7. The molecule has 0 heterocycles. The van der Waals surface area contributed by atoms with Crippen molar-refractivity contribution in [1.82, 2.24) is 0 Å². The SMILES string of the molecule is CCCCCCCCCC(CCCCCCCCCCCC(OCCC)(OCCC)OCCC)C(OCCC)OCCC. The molecular formula is C38H78O5. The average molecular weight is 615 g/mol. The maximum atomic E-state index is 6.24. The number of ether oxygens (including phenoxy) is 5. The summed E-state index contributed by atoms with van der Waals surface area (Å²) in [6.07, 6.45) is 29.6. The van der Waals surface area contributed by atoms with Crippen molar-refractivity contribution in [1.29, 1.82) is 0 Å². The third-order valence-corrected chi connectivity index (χ3v) is 8.17. The van der Waals surface area contributed by atoms with Gasteiger partial charge in [-0.05, 0) is 51.4 Å². The maximum absolute atomic E-state index is 6.24. The van der Waals surface area contributed by atoms with Gasteiger partial charge in [0.2, 0.25) is 0 Å². The fourth-order valence-corrected chi connectivity index (χ4v) is 5.67. The molecule has 0 aromatic carbocycles. The van der Waals surface area contributed by atoms with Gasteiger partial charge in [-0.3, -0.25) is 0 Å². The fourth-order valence-electron chi connectivity index (χ4n) is 5.67. The van der Waals surface area contributed by atoms with Gasteiger partial charge in [-0.1, -0.05) is 138 Å². The van der Waals surface area contributed by atoms with Crippen molar-refractivity contribution in [2.75, 3.05) is 33.0 Å². The van der Waals surface area contributed by atoms with E-state index in [2.05, 4.69) is 41.5 Å². The lowest BCUT2D eigenvalue weighted by Crippen LogP contribution is -2.40. The van der Waals surface area contributed by atoms with E-state index in [4.69, 9.17) is 23.7 Å². The monoisotopic (exact) mass is 615 g/mol. The molecule has 0 saturated heterocycles. The van der Waals surface area contributed by atoms with Crippen LogP contribution in [-0.2, 0) is 23.7 Å². The van der Waals surface area contributed by atoms with Gasteiger partial charge in [-0.25, -0.2) is 0 Å². The highest BCUT2D eigenvalue weighted by molar-refractivity contribution is 4.66. The van der Waals surface area contributed by atoms with E-state index in [1.54, 1.807) is 0 Å². The first-order valence-electron chi connectivity index (χ1n) is 19.3. The smallest absolute Gasteiger partial charge is 0.282 e. The maximum Gasteiger partial charge on any atom is 0.282 e. The minimum absolute atomic E-state index is 0.00848. The Balaban J connectivity index is 4.35. The third-order valence-electron chi connectivity index (χ3n) is 8.17. The highest BCUT2D eigenvalue weighted by atomic mass is 16.9. The van der Waals surface area contributed by atoms with Crippen LogP contribution in [0.5, 0.6) is 0 Å². The summed E-state index contributed by atoms with van der Waals surface area (Å²) in [5.41, 5.74) is 0. The zero-order valence-electron chi connectivity index (χ0n) is 30.2. The lowest BCUT2D eigenvalue weighted by molar-refractivity contribution is -0.383. The van der Waals surface area contributed by atoms with E-state index in [-0.39, 0.29) is 6.29 Å². The second kappa shape index (κ2) is 33.2. The van der Waals surface area contributed by atoms with E-state index in [1.807, 2.05) is 0 Å². The molecule has 0 amide bonds. The van der Waals surface area contributed by atoms with E-state index in [0.717, 1.165) is 58.2 Å². The second-order valence-electron chi connectivity index (χ2n) is 12.7. The Hall–Kier alpha value is -0.200. The summed E-state index contributed by atoms with van der Waals surface area (Å²) < 4.78 is 30.8. The van der Waals surface area contributed by atoms with Gasteiger partial charge in [0, 0.05) is 25.6 Å². The first-order chi connectivity index (χ1) is 21.1. The summed E-state index contributed by atoms with van der Waals surface area (Å²) in [5.74, 6) is -0.291. The summed E-state index contributed by atoms with van der Waals surface area (Å²) in [5, 5.41) is 0. The molecule has 5 nitrogen and oxygen atoms in total. The largest absolute Gasteiger partial charge is 0.352 e. The Morgan fingerprint density at radius 1 is 0.372 bits per heavy atom. The molecule has 1 unspecified atom stereocenters. The molecule has 5 heteroatoms. The van der Waals surface area contributed by atoms with Gasteiger partial charge in [-0.2, -0.15) is 0 Å². The van der Waals surface area contributed by atoms with E-state index in [1.165, 1.54) is 109 Å². The van der Waals surface area contributed by atoms with Crippen LogP contribution in [0, 0.1) is 5.92 Å². The van der Waals surface area contributed by atoms with Crippen molar-refractivity contribution in [2.45, 2.75) is 208 Å². The van der Waals surface area contributed by atoms with Crippen molar-refractivity contribution in [3.05, 3.63) is 0 Å². The number of rotatable bonds is 36. The molecule has 0 saturated carbocycles. The summed E-state index contributed by atoms with van der Waals surface area (Å²) in [6.45, 7) is 16.8. The van der Waals surface area contributed by atoms with E-state index >= 15 is 0 Å². The molecule has 0 aliphatic heterocycles. The lowest BCUT2D eigenvalue weighted by Gasteiger charge is -2.33. The molecule has 0 bridgehead atoms. The molecule has 0 spiro atoms. The molecule has 0 aliphatic rings. The number of unbranched alkanes of at least 4 members (excludes halogenated alkanes) is 14. The highest BCUT2D eigenvalue weighted by Crippen LogP contribution is 2.27. The van der Waals surface area contributed by atoms with Crippen LogP contribution < -0.4 is 0 Å². The molecule has 0 rings (SSSR count). The van der Waals surface area contributed by atoms with Gasteiger partial charge in [0.25, 0.3) is 5.97 Å². The zero-order valence-corrected chi connectivity index (χ0v) is 30.2. The molecular weight excluding hydrogens is 536 g/mol. The van der Waals surface area contributed by atoms with E-state index < -0.39 is 5.97 Å². The van der Waals surface area contributed by atoms with Gasteiger partial charge in [-0.15, -0.1) is 0 Å². The predicted molar refractivity (Wildman–Crippen MR) is 185 cm³/mol. The summed E-state index contributed by atoms with van der Waals surface area (Å²) >= 11 is 0. The topological polar surface area (TPSA) is 46.2 Å². The minimum Gasteiger partial charge on any atom is -0.352 e. The summed E-state index contributed by atoms with van der Waals surface area (Å²) in [7, 11) is 0. The Labute approximate surface area is 270 Å². The van der Waals surface area contributed by atoms with Crippen molar-refractivity contribution in [3.63, 3.8) is 0 Å². The summed E-state index contributed by atoms with van der Waals surface area (Å²) in [6, 6.07) is 0. The van der Waals surface area contributed by atoms with Crippen LogP contribution in [0.25, 0.3) is 0 Å². The molecule has 0 radical (unpaired) electrons. The number of hydrogen-bond acceptors (Lipinski definition) is 5. The molecule has 260 valence electrons. The van der Waals surface area contributed by atoms with Crippen molar-refractivity contribution >= 4 is 0 Å². The standard InChI is InChI=1S/C38H78O5/c1-7-13-14-15-19-22-25-28-36(37(39-31-8-2)40-32-9-3)29-26-23-20-17-16-18-21-24-27-30-38(41-33-10-4,42-34-11-5)43-35-12-6/h36-37H,7-35H2,1-6H3. The number of hydrogen-bond donors (Lipinski definition) is 0. The Morgan fingerprint density at radius 3 is 1.09 bits per heavy atom. The Morgan fingerprint density at radius 2 is 0.721 bits per heavy atom. The second-order valence-corrected chi connectivity index (χ2v) is 12.7. The van der Waals surface area contributed by atoms with Crippen molar-refractivity contribution in [2.24, 2.45) is 5.92 Å². The predicted octanol–water partition coefficient (Wildman–Crippen LogP) is 12.1. The van der Waals surface area contributed by atoms with Crippen LogP contribution in [0.15, 0.2) is 0 Å². The van der Waals surface area contributed by atoms with Crippen LogP contribution in [-0.4, -0.2) is 45.3 Å². The first-order valence-corrected chi connectivity index (χ1v) is 19.3. The van der Waals surface area contributed by atoms with Gasteiger partial charge >= 0.3 is 0 Å². The molecule has 0 aliphatic carbocycles. The molecule has 0 N–H and O–H groups in total. The molecule has 0 aromatic heterocycles. The molecule has 1 atom stereocenters. The summed E-state index contributed by atoms with van der Waals surface area (Å²) in [4.78, 5) is 0. The third kappa shape index (κ3) is 25.7. The van der Waals surface area contributed by atoms with Gasteiger partial charge in [0.15, 0.2) is 6.29 Å². The van der Waals surface area contributed by atoms with Crippen LogP contribution in [0.4, 0.5) is 0 Å². The fraction of sp³-hybridized carbons (Fsp3) is 1.00. The van der Waals surface area contributed by atoms with Crippen molar-refractivity contribution < 1.29 is 23.7 Å². The first kappa shape index (κ1) is 42.8. The van der Waals surface area contributed by atoms with E-state index in [0.29, 0.717) is 25.7 Å². The van der Waals surface area contributed by atoms with Gasteiger partial charge in [0.05, 0.1) is 19.8 Å². The van der Waals surface area contributed by atoms with Gasteiger partial charge in [0.1, 0.15) is 0 Å². The lowest BCUT2D eigenvalue weighted by atomic mass is 9.93. The van der Waals surface area contributed by atoms with Crippen LogP contribution in [0.1, 0.15) is 196 Å². The molecule has 0 fully saturated rings. The Bertz CT molecular complexity index is 499. The highest BCUT2D eigenvalue weighted by Gasteiger charge is 2.32. The van der Waals surface area contributed by atoms with Crippen LogP contribution >= 0.6 is 0 Å². The van der Waals surface area contributed by atoms with Crippen LogP contribution in [0.2, 0.25) is 0 Å². The average Bonchev–Trinajstić information content (AvgIpc) is 3.02. The van der Waals surface area contributed by atoms with E-state index in [9.17, 15) is 0 Å². The van der Waals surface area contributed by atoms with Crippen molar-refractivity contribution in [3.8, 4) is 0 Å². The Kier molecular flexibility index (Phi) is 33.0. The normalized spacial score (nSPS) is 12.9.